The molecule has 1 aliphatic rings. The Morgan fingerprint density at radius 3 is 2.63 bits per heavy atom. The Labute approximate surface area is 208 Å². The molecule has 9 heteroatoms. The van der Waals surface area contributed by atoms with Gasteiger partial charge < -0.3 is 19.3 Å². The van der Waals surface area contributed by atoms with Gasteiger partial charge >= 0.3 is 0 Å². The highest BCUT2D eigenvalue weighted by Crippen LogP contribution is 2.19. The van der Waals surface area contributed by atoms with Gasteiger partial charge in [0.2, 0.25) is 5.91 Å². The van der Waals surface area contributed by atoms with Crippen LogP contribution in [-0.4, -0.2) is 59.4 Å². The molecule has 3 aromatic rings. The third kappa shape index (κ3) is 6.35. The van der Waals surface area contributed by atoms with E-state index in [1.54, 1.807) is 36.3 Å². The second-order valence-electron chi connectivity index (χ2n) is 8.20. The SMILES string of the molecule is COc1ccc(CN2C[C@H](OCc3ccccc3F)CN(C(=O)c3ccnc(Cl)c3)CC2=O)cc1. The zero-order valence-electron chi connectivity index (χ0n) is 19.2. The number of halogens is 2. The number of amides is 2. The van der Waals surface area contributed by atoms with Crippen LogP contribution in [0.2, 0.25) is 5.15 Å². The van der Waals surface area contributed by atoms with E-state index in [1.165, 1.54) is 23.2 Å². The second kappa shape index (κ2) is 11.3. The number of aromatic nitrogens is 1. The van der Waals surface area contributed by atoms with E-state index in [0.29, 0.717) is 17.7 Å². The molecule has 0 unspecified atom stereocenters. The van der Waals surface area contributed by atoms with Gasteiger partial charge in [-0.15, -0.1) is 0 Å². The molecule has 1 saturated heterocycles. The van der Waals surface area contributed by atoms with Crippen LogP contribution in [0.5, 0.6) is 5.75 Å². The molecule has 182 valence electrons. The number of rotatable bonds is 7. The van der Waals surface area contributed by atoms with Crippen LogP contribution in [-0.2, 0) is 22.7 Å². The van der Waals surface area contributed by atoms with E-state index in [0.717, 1.165) is 11.3 Å². The maximum absolute atomic E-state index is 14.1. The monoisotopic (exact) mass is 497 g/mol. The van der Waals surface area contributed by atoms with Gasteiger partial charge in [0.05, 0.1) is 19.8 Å². The van der Waals surface area contributed by atoms with Gasteiger partial charge in [0.1, 0.15) is 23.3 Å². The van der Waals surface area contributed by atoms with E-state index >= 15 is 0 Å². The highest BCUT2D eigenvalue weighted by molar-refractivity contribution is 6.29. The minimum atomic E-state index is -0.527. The average Bonchev–Trinajstić information content (AvgIpc) is 3.02. The molecule has 2 amide bonds. The van der Waals surface area contributed by atoms with Crippen LogP contribution < -0.4 is 4.74 Å². The minimum Gasteiger partial charge on any atom is -0.497 e. The summed E-state index contributed by atoms with van der Waals surface area (Å²) in [7, 11) is 1.59. The van der Waals surface area contributed by atoms with Crippen molar-refractivity contribution in [2.45, 2.75) is 19.3 Å². The van der Waals surface area contributed by atoms with Gasteiger partial charge in [-0.2, -0.15) is 0 Å². The van der Waals surface area contributed by atoms with E-state index < -0.39 is 6.10 Å². The van der Waals surface area contributed by atoms with Crippen molar-refractivity contribution in [3.63, 3.8) is 0 Å². The number of benzene rings is 2. The Hall–Kier alpha value is -3.49. The van der Waals surface area contributed by atoms with E-state index in [4.69, 9.17) is 21.1 Å². The van der Waals surface area contributed by atoms with Crippen molar-refractivity contribution >= 4 is 23.4 Å². The molecule has 2 aromatic carbocycles. The Morgan fingerprint density at radius 2 is 1.91 bits per heavy atom. The lowest BCUT2D eigenvalue weighted by atomic mass is 10.2. The summed E-state index contributed by atoms with van der Waals surface area (Å²) in [5.74, 6) is -0.221. The standard InChI is InChI=1S/C26H25ClFN3O4/c1-34-21-8-6-18(7-9-21)13-30-14-22(35-17-20-4-2-3-5-23(20)28)15-31(16-25(30)32)26(33)19-10-11-29-24(27)12-19/h2-12,22H,13-17H2,1H3/t22-/m0/s1. The Bertz CT molecular complexity index is 1190. The van der Waals surface area contributed by atoms with Gasteiger partial charge in [-0.1, -0.05) is 41.9 Å². The number of ether oxygens (including phenoxy) is 2. The zero-order valence-corrected chi connectivity index (χ0v) is 20.0. The van der Waals surface area contributed by atoms with Gasteiger partial charge in [0.15, 0.2) is 0 Å². The molecule has 0 N–H and O–H groups in total. The van der Waals surface area contributed by atoms with Crippen LogP contribution in [0.15, 0.2) is 66.9 Å². The van der Waals surface area contributed by atoms with Crippen molar-refractivity contribution in [1.82, 2.24) is 14.8 Å². The third-order valence-corrected chi connectivity index (χ3v) is 5.96. The maximum Gasteiger partial charge on any atom is 0.254 e. The lowest BCUT2D eigenvalue weighted by Crippen LogP contribution is -2.39. The first-order chi connectivity index (χ1) is 16.9. The third-order valence-electron chi connectivity index (χ3n) is 5.75. The number of nitrogens with zero attached hydrogens (tertiary/aromatic N) is 3. The van der Waals surface area contributed by atoms with Crippen LogP contribution in [0.1, 0.15) is 21.5 Å². The van der Waals surface area contributed by atoms with Gasteiger partial charge in [-0.25, -0.2) is 9.37 Å². The van der Waals surface area contributed by atoms with Crippen LogP contribution >= 0.6 is 11.6 Å². The van der Waals surface area contributed by atoms with Crippen molar-refractivity contribution < 1.29 is 23.5 Å². The number of carbonyl (C=O) groups is 2. The van der Waals surface area contributed by atoms with Gasteiger partial charge in [-0.3, -0.25) is 9.59 Å². The van der Waals surface area contributed by atoms with Crippen molar-refractivity contribution in [3.05, 3.63) is 94.5 Å². The quantitative estimate of drug-likeness (QED) is 0.462. The van der Waals surface area contributed by atoms with Gasteiger partial charge in [-0.05, 0) is 35.9 Å². The maximum atomic E-state index is 14.1. The van der Waals surface area contributed by atoms with Crippen molar-refractivity contribution in [2.24, 2.45) is 0 Å². The summed E-state index contributed by atoms with van der Waals surface area (Å²) in [5.41, 5.74) is 1.64. The van der Waals surface area contributed by atoms with E-state index in [1.807, 2.05) is 24.3 Å². The highest BCUT2D eigenvalue weighted by Gasteiger charge is 2.31. The summed E-state index contributed by atoms with van der Waals surface area (Å²) in [6.07, 6.45) is 0.915. The molecule has 4 rings (SSSR count). The summed E-state index contributed by atoms with van der Waals surface area (Å²) >= 11 is 5.96. The summed E-state index contributed by atoms with van der Waals surface area (Å²) in [5, 5.41) is 0.186. The molecule has 0 spiro atoms. The van der Waals surface area contributed by atoms with Crippen LogP contribution in [0.25, 0.3) is 0 Å². The molecule has 0 saturated carbocycles. The first-order valence-corrected chi connectivity index (χ1v) is 11.5. The molecule has 0 bridgehead atoms. The zero-order chi connectivity index (χ0) is 24.8. The Morgan fingerprint density at radius 1 is 1.14 bits per heavy atom. The smallest absolute Gasteiger partial charge is 0.254 e. The first-order valence-electron chi connectivity index (χ1n) is 11.1. The van der Waals surface area contributed by atoms with E-state index in [-0.39, 0.29) is 49.0 Å². The summed E-state index contributed by atoms with van der Waals surface area (Å²) < 4.78 is 25.4. The fraction of sp³-hybridized carbons (Fsp3) is 0.269. The van der Waals surface area contributed by atoms with Gasteiger partial charge in [0.25, 0.3) is 5.91 Å². The molecule has 7 nitrogen and oxygen atoms in total. The highest BCUT2D eigenvalue weighted by atomic mass is 35.5. The molecule has 1 fully saturated rings. The van der Waals surface area contributed by atoms with Crippen LogP contribution in [0, 0.1) is 5.82 Å². The number of carbonyl (C=O) groups excluding carboxylic acids is 2. The van der Waals surface area contributed by atoms with Crippen molar-refractivity contribution in [2.75, 3.05) is 26.7 Å². The normalized spacial score (nSPS) is 16.2. The average molecular weight is 498 g/mol. The number of pyridine rings is 1. The fourth-order valence-corrected chi connectivity index (χ4v) is 4.06. The molecule has 0 radical (unpaired) electrons. The predicted octanol–water partition coefficient (Wildman–Crippen LogP) is 3.95. The fourth-order valence-electron chi connectivity index (χ4n) is 3.88. The van der Waals surface area contributed by atoms with Crippen LogP contribution in [0.4, 0.5) is 4.39 Å². The Balaban J connectivity index is 1.55. The van der Waals surface area contributed by atoms with E-state index in [2.05, 4.69) is 4.98 Å². The van der Waals surface area contributed by atoms with Gasteiger partial charge in [0, 0.05) is 37.0 Å². The lowest BCUT2D eigenvalue weighted by Gasteiger charge is -2.25. The summed E-state index contributed by atoms with van der Waals surface area (Å²) in [6, 6.07) is 16.8. The first kappa shape index (κ1) is 24.6. The lowest BCUT2D eigenvalue weighted by molar-refractivity contribution is -0.132. The molecule has 2 heterocycles. The largest absolute Gasteiger partial charge is 0.497 e. The topological polar surface area (TPSA) is 72.0 Å². The number of hydrogen-bond donors (Lipinski definition) is 0. The van der Waals surface area contributed by atoms with E-state index in [9.17, 15) is 14.0 Å². The molecular weight excluding hydrogens is 473 g/mol. The molecule has 1 aliphatic heterocycles. The predicted molar refractivity (Wildman–Crippen MR) is 129 cm³/mol. The summed E-state index contributed by atoms with van der Waals surface area (Å²) in [6.45, 7) is 0.656. The number of methoxy groups -OCH3 is 1. The molecule has 1 aromatic heterocycles. The van der Waals surface area contributed by atoms with Crippen LogP contribution in [0.3, 0.4) is 0 Å². The second-order valence-corrected chi connectivity index (χ2v) is 8.59. The van der Waals surface area contributed by atoms with Crippen molar-refractivity contribution in [3.8, 4) is 5.75 Å². The number of hydrogen-bond acceptors (Lipinski definition) is 5. The molecule has 35 heavy (non-hydrogen) atoms. The molecule has 1 atom stereocenters. The Kier molecular flexibility index (Phi) is 7.94. The summed E-state index contributed by atoms with van der Waals surface area (Å²) in [4.78, 5) is 33.4. The minimum absolute atomic E-state index is 0.0189. The molecule has 0 aliphatic carbocycles. The molecular formula is C26H25ClFN3O4. The van der Waals surface area contributed by atoms with Crippen molar-refractivity contribution in [1.29, 1.82) is 0 Å².